The van der Waals surface area contributed by atoms with Crippen LogP contribution >= 0.6 is 0 Å². The van der Waals surface area contributed by atoms with E-state index in [2.05, 4.69) is 27.4 Å². The van der Waals surface area contributed by atoms with Gasteiger partial charge in [0.05, 0.1) is 6.61 Å². The van der Waals surface area contributed by atoms with Gasteiger partial charge in [-0.15, -0.1) is 0 Å². The Morgan fingerprint density at radius 1 is 1.17 bits per heavy atom. The van der Waals surface area contributed by atoms with Crippen LogP contribution in [-0.4, -0.2) is 62.3 Å². The maximum absolute atomic E-state index is 13.2. The largest absolute Gasteiger partial charge is 0.382 e. The summed E-state index contributed by atoms with van der Waals surface area (Å²) in [4.78, 5) is 29.0. The molecule has 2 heterocycles. The summed E-state index contributed by atoms with van der Waals surface area (Å²) in [6, 6.07) is 6.18. The second-order valence-corrected chi connectivity index (χ2v) is 8.47. The number of hydrogen-bond acceptors (Lipinski definition) is 5. The number of hydrogen-bond donors (Lipinski definition) is 2. The smallest absolute Gasteiger partial charge is 0.322 e. The van der Waals surface area contributed by atoms with Crippen LogP contribution < -0.4 is 15.5 Å². The summed E-state index contributed by atoms with van der Waals surface area (Å²) in [5.74, 6) is -0.429. The zero-order valence-electron chi connectivity index (χ0n) is 17.5. The highest BCUT2D eigenvalue weighted by Gasteiger charge is 2.48. The number of piperazine rings is 1. The number of urea groups is 1. The summed E-state index contributed by atoms with van der Waals surface area (Å²) in [6.07, 6.45) is 2.68. The van der Waals surface area contributed by atoms with Crippen molar-refractivity contribution < 1.29 is 18.7 Å². The van der Waals surface area contributed by atoms with Crippen molar-refractivity contribution in [1.29, 1.82) is 0 Å². The highest BCUT2D eigenvalue weighted by atomic mass is 19.1. The van der Waals surface area contributed by atoms with Gasteiger partial charge in [0.25, 0.3) is 5.91 Å². The Bertz CT molecular complexity index is 842. The molecule has 1 aliphatic carbocycles. The molecule has 0 spiro atoms. The third kappa shape index (κ3) is 4.14. The van der Waals surface area contributed by atoms with Gasteiger partial charge in [0.15, 0.2) is 0 Å². The van der Waals surface area contributed by atoms with E-state index in [0.29, 0.717) is 6.42 Å². The summed E-state index contributed by atoms with van der Waals surface area (Å²) < 4.78 is 18.5. The first-order valence-electron chi connectivity index (χ1n) is 10.5. The first-order valence-corrected chi connectivity index (χ1v) is 10.5. The van der Waals surface area contributed by atoms with Crippen LogP contribution in [0.2, 0.25) is 0 Å². The number of anilines is 1. The molecule has 7 nitrogen and oxygen atoms in total. The van der Waals surface area contributed by atoms with Crippen LogP contribution in [0.4, 0.5) is 14.9 Å². The Hall–Kier alpha value is -2.61. The van der Waals surface area contributed by atoms with E-state index in [1.807, 2.05) is 12.1 Å². The van der Waals surface area contributed by atoms with Gasteiger partial charge < -0.3 is 19.9 Å². The van der Waals surface area contributed by atoms with Crippen LogP contribution in [0.1, 0.15) is 26.2 Å². The molecular formula is C22H29FN4O3. The van der Waals surface area contributed by atoms with Crippen molar-refractivity contribution in [2.24, 2.45) is 5.92 Å². The van der Waals surface area contributed by atoms with Crippen molar-refractivity contribution in [1.82, 2.24) is 15.5 Å². The minimum Gasteiger partial charge on any atom is -0.382 e. The second-order valence-electron chi connectivity index (χ2n) is 8.47. The van der Waals surface area contributed by atoms with Crippen molar-refractivity contribution in [2.45, 2.75) is 31.7 Å². The van der Waals surface area contributed by atoms with Gasteiger partial charge in [0.2, 0.25) is 0 Å². The molecular weight excluding hydrogens is 387 g/mol. The first-order chi connectivity index (χ1) is 14.4. The number of amides is 3. The van der Waals surface area contributed by atoms with Gasteiger partial charge in [-0.3, -0.25) is 10.1 Å². The molecule has 1 aromatic carbocycles. The van der Waals surface area contributed by atoms with E-state index < -0.39 is 11.6 Å². The summed E-state index contributed by atoms with van der Waals surface area (Å²) in [6.45, 7) is 5.73. The van der Waals surface area contributed by atoms with Gasteiger partial charge >= 0.3 is 6.03 Å². The van der Waals surface area contributed by atoms with Crippen LogP contribution in [0.3, 0.4) is 0 Å². The molecule has 3 amide bonds. The quantitative estimate of drug-likeness (QED) is 0.667. The number of methoxy groups -OCH3 is 1. The van der Waals surface area contributed by atoms with E-state index in [0.717, 1.165) is 44.7 Å². The van der Waals surface area contributed by atoms with Crippen molar-refractivity contribution in [3.05, 3.63) is 41.4 Å². The van der Waals surface area contributed by atoms with E-state index in [1.54, 1.807) is 7.11 Å². The lowest BCUT2D eigenvalue weighted by molar-refractivity contribution is -0.126. The number of nitrogens with one attached hydrogen (secondary N) is 2. The summed E-state index contributed by atoms with van der Waals surface area (Å²) in [7, 11) is 1.54. The second kappa shape index (κ2) is 8.26. The Morgan fingerprint density at radius 2 is 1.83 bits per heavy atom. The highest BCUT2D eigenvalue weighted by molar-refractivity contribution is 6.07. The van der Waals surface area contributed by atoms with Crippen molar-refractivity contribution in [3.8, 4) is 0 Å². The zero-order valence-corrected chi connectivity index (χ0v) is 17.5. The molecule has 0 bridgehead atoms. The predicted molar refractivity (Wildman–Crippen MR) is 112 cm³/mol. The molecule has 2 unspecified atom stereocenters. The Kier molecular flexibility index (Phi) is 5.69. The minimum absolute atomic E-state index is 0.110. The van der Waals surface area contributed by atoms with Crippen LogP contribution in [0.5, 0.6) is 0 Å². The van der Waals surface area contributed by atoms with Crippen LogP contribution in [0.15, 0.2) is 35.5 Å². The zero-order chi connectivity index (χ0) is 21.3. The molecule has 2 saturated heterocycles. The van der Waals surface area contributed by atoms with Gasteiger partial charge in [0.1, 0.15) is 11.4 Å². The average Bonchev–Trinajstić information content (AvgIpc) is 3.50. The van der Waals surface area contributed by atoms with Gasteiger partial charge in [-0.1, -0.05) is 12.5 Å². The number of rotatable bonds is 7. The molecule has 162 valence electrons. The predicted octanol–water partition coefficient (Wildman–Crippen LogP) is 2.25. The maximum Gasteiger partial charge on any atom is 0.322 e. The fourth-order valence-electron chi connectivity index (χ4n) is 4.76. The summed E-state index contributed by atoms with van der Waals surface area (Å²) >= 11 is 0. The van der Waals surface area contributed by atoms with Gasteiger partial charge in [-0.2, -0.15) is 0 Å². The fraction of sp³-hybridized carbons (Fsp3) is 0.545. The van der Waals surface area contributed by atoms with Gasteiger partial charge in [0, 0.05) is 44.7 Å². The Labute approximate surface area is 176 Å². The lowest BCUT2D eigenvalue weighted by Gasteiger charge is -2.41. The van der Waals surface area contributed by atoms with E-state index in [9.17, 15) is 14.0 Å². The minimum atomic E-state index is -1.03. The Morgan fingerprint density at radius 3 is 2.37 bits per heavy atom. The molecule has 3 aliphatic rings. The number of nitrogens with zero attached hydrogens (tertiary/aromatic N) is 2. The molecule has 2 N–H and O–H groups in total. The molecule has 1 aromatic rings. The molecule has 30 heavy (non-hydrogen) atoms. The third-order valence-corrected chi connectivity index (χ3v) is 6.20. The molecule has 2 atom stereocenters. The fourth-order valence-corrected chi connectivity index (χ4v) is 4.76. The van der Waals surface area contributed by atoms with Crippen molar-refractivity contribution in [2.75, 3.05) is 44.8 Å². The number of halogens is 1. The van der Waals surface area contributed by atoms with E-state index in [4.69, 9.17) is 4.74 Å². The van der Waals surface area contributed by atoms with E-state index in [1.165, 1.54) is 23.4 Å². The first kappa shape index (κ1) is 20.7. The molecule has 8 heteroatoms. The number of ether oxygens (including phenoxy) is 1. The SMILES string of the molecule is COCC1(CC(C)C(=C2CC2)N2CCN(c3ccc(F)cc3)CC2)NC(=O)NC1=O. The van der Waals surface area contributed by atoms with Gasteiger partial charge in [-0.25, -0.2) is 9.18 Å². The van der Waals surface area contributed by atoms with Crippen LogP contribution in [-0.2, 0) is 9.53 Å². The maximum atomic E-state index is 13.2. The van der Waals surface area contributed by atoms with E-state index in [-0.39, 0.29) is 24.2 Å². The molecule has 2 aliphatic heterocycles. The number of imide groups is 1. The van der Waals surface area contributed by atoms with Crippen molar-refractivity contribution in [3.63, 3.8) is 0 Å². The standard InChI is InChI=1S/C22H29FN4O3/c1-15(13-22(14-30-2)20(28)24-21(29)25-22)19(16-3-4-16)27-11-9-26(10-12-27)18-7-5-17(23)6-8-18/h5-8,15H,3-4,9-14H2,1-2H3,(H2,24,25,28,29). The number of allylic oxidation sites excluding steroid dienone is 2. The Balaban J connectivity index is 1.45. The van der Waals surface area contributed by atoms with Crippen LogP contribution in [0.25, 0.3) is 0 Å². The summed E-state index contributed by atoms with van der Waals surface area (Å²) in [5.41, 5.74) is 2.75. The topological polar surface area (TPSA) is 73.9 Å². The lowest BCUT2D eigenvalue weighted by Crippen LogP contribution is -2.53. The number of carbonyl (C=O) groups is 2. The van der Waals surface area contributed by atoms with Gasteiger partial charge in [-0.05, 0) is 49.4 Å². The molecule has 0 aromatic heterocycles. The number of carbonyl (C=O) groups excluding carboxylic acids is 2. The average molecular weight is 416 g/mol. The normalized spacial score (nSPS) is 24.6. The van der Waals surface area contributed by atoms with E-state index >= 15 is 0 Å². The monoisotopic (exact) mass is 416 g/mol. The molecule has 0 radical (unpaired) electrons. The lowest BCUT2D eigenvalue weighted by atomic mass is 9.86. The third-order valence-electron chi connectivity index (χ3n) is 6.20. The van der Waals surface area contributed by atoms with Crippen molar-refractivity contribution >= 4 is 17.6 Å². The van der Waals surface area contributed by atoms with Crippen LogP contribution in [0, 0.1) is 11.7 Å². The molecule has 4 rings (SSSR count). The number of benzene rings is 1. The molecule has 3 fully saturated rings. The summed E-state index contributed by atoms with van der Waals surface area (Å²) in [5, 5.41) is 5.15. The molecule has 1 saturated carbocycles. The highest BCUT2D eigenvalue weighted by Crippen LogP contribution is 2.40.